The molecule has 2 heterocycles. The minimum atomic E-state index is -0.184. The van der Waals surface area contributed by atoms with Gasteiger partial charge in [-0.2, -0.15) is 0 Å². The molecule has 1 aromatic heterocycles. The molecule has 2 aromatic rings. The molecule has 0 fully saturated rings. The Bertz CT molecular complexity index is 694. The van der Waals surface area contributed by atoms with Gasteiger partial charge in [-0.25, -0.2) is 4.98 Å². The van der Waals surface area contributed by atoms with Gasteiger partial charge < -0.3 is 9.47 Å². The van der Waals surface area contributed by atoms with Crippen molar-refractivity contribution in [3.05, 3.63) is 51.9 Å². The van der Waals surface area contributed by atoms with Gasteiger partial charge in [0.25, 0.3) is 11.6 Å². The molecule has 0 aliphatic carbocycles. The monoisotopic (exact) mass is 272 g/mol. The summed E-state index contributed by atoms with van der Waals surface area (Å²) in [6.45, 7) is 4.65. The molecular weight excluding hydrogens is 256 g/mol. The first kappa shape index (κ1) is 12.7. The Balaban J connectivity index is 1.69. The molecule has 0 radical (unpaired) electrons. The third kappa shape index (κ3) is 2.39. The first-order valence-electron chi connectivity index (χ1n) is 6.57. The number of fused-ring (bicyclic) bond motifs is 1. The van der Waals surface area contributed by atoms with E-state index in [1.165, 1.54) is 6.07 Å². The van der Waals surface area contributed by atoms with Crippen LogP contribution in [-0.4, -0.2) is 22.3 Å². The van der Waals surface area contributed by atoms with Crippen molar-refractivity contribution in [3.63, 3.8) is 0 Å². The van der Waals surface area contributed by atoms with Gasteiger partial charge in [0.05, 0.1) is 6.54 Å². The van der Waals surface area contributed by atoms with Crippen molar-refractivity contribution in [3.8, 4) is 11.8 Å². The number of nitrogens with zero attached hydrogens (tertiary/aromatic N) is 2. The van der Waals surface area contributed by atoms with Crippen LogP contribution in [0.4, 0.5) is 0 Å². The quantitative estimate of drug-likeness (QED) is 0.853. The second kappa shape index (κ2) is 5.00. The van der Waals surface area contributed by atoms with Crippen LogP contribution in [-0.2, 0) is 6.54 Å². The first-order chi connectivity index (χ1) is 9.63. The summed E-state index contributed by atoms with van der Waals surface area (Å²) in [5.74, 6) is 0.837. The topological polar surface area (TPSA) is 53.4 Å². The molecule has 3 rings (SSSR count). The Labute approximate surface area is 116 Å². The number of hydrogen-bond donors (Lipinski definition) is 0. The average molecular weight is 272 g/mol. The van der Waals surface area contributed by atoms with E-state index in [9.17, 15) is 4.79 Å². The largest absolute Gasteiger partial charge is 0.489 e. The average Bonchev–Trinajstić information content (AvgIpc) is 2.81. The van der Waals surface area contributed by atoms with Crippen molar-refractivity contribution in [2.24, 2.45) is 0 Å². The first-order valence-corrected chi connectivity index (χ1v) is 6.57. The molecular formula is C15H16N2O3. The van der Waals surface area contributed by atoms with Crippen LogP contribution < -0.4 is 15.0 Å². The molecule has 1 aliphatic heterocycles. The number of rotatable bonds is 3. The molecule has 5 heteroatoms. The molecule has 20 heavy (non-hydrogen) atoms. The zero-order chi connectivity index (χ0) is 14.1. The van der Waals surface area contributed by atoms with Gasteiger partial charge in [0.1, 0.15) is 12.4 Å². The lowest BCUT2D eigenvalue weighted by molar-refractivity contribution is 0.143. The fourth-order valence-corrected chi connectivity index (χ4v) is 2.23. The van der Waals surface area contributed by atoms with Crippen molar-refractivity contribution in [1.29, 1.82) is 0 Å². The van der Waals surface area contributed by atoms with Crippen LogP contribution in [0, 0.1) is 13.8 Å². The summed E-state index contributed by atoms with van der Waals surface area (Å²) < 4.78 is 13.0. The van der Waals surface area contributed by atoms with E-state index in [1.807, 2.05) is 31.2 Å². The number of para-hydroxylation sites is 1. The molecule has 0 N–H and O–H groups in total. The van der Waals surface area contributed by atoms with E-state index in [2.05, 4.69) is 4.98 Å². The van der Waals surface area contributed by atoms with Gasteiger partial charge in [0.15, 0.2) is 6.10 Å². The third-order valence-electron chi connectivity index (χ3n) is 3.28. The van der Waals surface area contributed by atoms with E-state index in [1.54, 1.807) is 11.5 Å². The Kier molecular flexibility index (Phi) is 3.18. The van der Waals surface area contributed by atoms with Crippen molar-refractivity contribution in [2.75, 3.05) is 6.61 Å². The van der Waals surface area contributed by atoms with Crippen molar-refractivity contribution in [1.82, 2.24) is 9.55 Å². The van der Waals surface area contributed by atoms with Crippen molar-refractivity contribution < 1.29 is 9.47 Å². The van der Waals surface area contributed by atoms with Gasteiger partial charge in [0, 0.05) is 11.8 Å². The van der Waals surface area contributed by atoms with Gasteiger partial charge in [-0.3, -0.25) is 9.36 Å². The third-order valence-corrected chi connectivity index (χ3v) is 3.28. The zero-order valence-electron chi connectivity index (χ0n) is 11.5. The highest BCUT2D eigenvalue weighted by Gasteiger charge is 2.25. The lowest BCUT2D eigenvalue weighted by Gasteiger charge is -2.12. The van der Waals surface area contributed by atoms with Gasteiger partial charge in [-0.1, -0.05) is 18.2 Å². The van der Waals surface area contributed by atoms with E-state index in [4.69, 9.17) is 9.47 Å². The van der Waals surface area contributed by atoms with Gasteiger partial charge in [-0.05, 0) is 25.5 Å². The summed E-state index contributed by atoms with van der Waals surface area (Å²) in [6, 6.07) is 9.71. The molecule has 0 saturated carbocycles. The van der Waals surface area contributed by atoms with E-state index in [0.29, 0.717) is 24.9 Å². The van der Waals surface area contributed by atoms with Crippen molar-refractivity contribution >= 4 is 0 Å². The van der Waals surface area contributed by atoms with E-state index in [0.717, 1.165) is 11.3 Å². The summed E-state index contributed by atoms with van der Waals surface area (Å²) in [5.41, 5.74) is 1.67. The molecule has 104 valence electrons. The lowest BCUT2D eigenvalue weighted by atomic mass is 10.2. The highest BCUT2D eigenvalue weighted by Crippen LogP contribution is 2.20. The van der Waals surface area contributed by atoms with Gasteiger partial charge in [0.2, 0.25) is 0 Å². The summed E-state index contributed by atoms with van der Waals surface area (Å²) in [7, 11) is 0. The lowest BCUT2D eigenvalue weighted by Crippen LogP contribution is -2.25. The SMILES string of the molecule is Cc1cc(=O)n2c(n1)OC(COc1ccccc1C)C2. The molecule has 0 bridgehead atoms. The molecule has 1 aliphatic rings. The fourth-order valence-electron chi connectivity index (χ4n) is 2.23. The predicted octanol–water partition coefficient (Wildman–Crippen LogP) is 1.70. The zero-order valence-corrected chi connectivity index (χ0v) is 11.5. The summed E-state index contributed by atoms with van der Waals surface area (Å²) in [6.07, 6.45) is -0.184. The second-order valence-electron chi connectivity index (χ2n) is 4.95. The number of hydrogen-bond acceptors (Lipinski definition) is 4. The molecule has 0 saturated heterocycles. The van der Waals surface area contributed by atoms with Crippen LogP contribution >= 0.6 is 0 Å². The smallest absolute Gasteiger partial charge is 0.299 e. The maximum absolute atomic E-state index is 11.8. The van der Waals surface area contributed by atoms with Crippen LogP contribution in [0.1, 0.15) is 11.3 Å². The summed E-state index contributed by atoms with van der Waals surface area (Å²) in [5, 5.41) is 0. The van der Waals surface area contributed by atoms with Gasteiger partial charge in [-0.15, -0.1) is 0 Å². The minimum absolute atomic E-state index is 0.0779. The molecule has 1 unspecified atom stereocenters. The van der Waals surface area contributed by atoms with Crippen LogP contribution in [0.3, 0.4) is 0 Å². The van der Waals surface area contributed by atoms with E-state index >= 15 is 0 Å². The standard InChI is InChI=1S/C15H16N2O3/c1-10-5-3-4-6-13(10)19-9-12-8-17-14(18)7-11(2)16-15(17)20-12/h3-7,12H,8-9H2,1-2H3. The van der Waals surface area contributed by atoms with Crippen LogP contribution in [0.15, 0.2) is 35.1 Å². The van der Waals surface area contributed by atoms with Crippen LogP contribution in [0.5, 0.6) is 11.8 Å². The number of ether oxygens (including phenoxy) is 2. The highest BCUT2D eigenvalue weighted by atomic mass is 16.6. The Morgan fingerprint density at radius 3 is 3.00 bits per heavy atom. The molecule has 0 spiro atoms. The van der Waals surface area contributed by atoms with Crippen LogP contribution in [0.2, 0.25) is 0 Å². The Morgan fingerprint density at radius 1 is 1.40 bits per heavy atom. The number of aromatic nitrogens is 2. The number of aryl methyl sites for hydroxylation is 2. The Morgan fingerprint density at radius 2 is 2.20 bits per heavy atom. The van der Waals surface area contributed by atoms with E-state index in [-0.39, 0.29) is 11.7 Å². The highest BCUT2D eigenvalue weighted by molar-refractivity contribution is 5.31. The molecule has 1 atom stereocenters. The number of benzene rings is 1. The summed E-state index contributed by atoms with van der Waals surface area (Å²) >= 11 is 0. The predicted molar refractivity (Wildman–Crippen MR) is 74.3 cm³/mol. The maximum atomic E-state index is 11.8. The van der Waals surface area contributed by atoms with E-state index < -0.39 is 0 Å². The van der Waals surface area contributed by atoms with Gasteiger partial charge >= 0.3 is 0 Å². The molecule has 1 aromatic carbocycles. The van der Waals surface area contributed by atoms with Crippen LogP contribution in [0.25, 0.3) is 0 Å². The molecule has 0 amide bonds. The maximum Gasteiger partial charge on any atom is 0.299 e. The fraction of sp³-hybridized carbons (Fsp3) is 0.333. The minimum Gasteiger partial charge on any atom is -0.489 e. The Hall–Kier alpha value is -2.30. The summed E-state index contributed by atoms with van der Waals surface area (Å²) in [4.78, 5) is 16.0. The molecule has 5 nitrogen and oxygen atoms in total. The van der Waals surface area contributed by atoms with Crippen molar-refractivity contribution in [2.45, 2.75) is 26.5 Å². The second-order valence-corrected chi connectivity index (χ2v) is 4.95. The normalized spacial score (nSPS) is 16.6.